The van der Waals surface area contributed by atoms with E-state index in [0.29, 0.717) is 6.10 Å². The second kappa shape index (κ2) is 7.34. The van der Waals surface area contributed by atoms with E-state index in [4.69, 9.17) is 9.47 Å². The van der Waals surface area contributed by atoms with Crippen molar-refractivity contribution in [2.75, 3.05) is 0 Å². The molecule has 1 aliphatic carbocycles. The van der Waals surface area contributed by atoms with E-state index in [0.717, 1.165) is 17.7 Å². The molecule has 0 radical (unpaired) electrons. The molecule has 0 N–H and O–H groups in total. The number of rotatable bonds is 6. The van der Waals surface area contributed by atoms with Crippen molar-refractivity contribution in [3.63, 3.8) is 0 Å². The van der Waals surface area contributed by atoms with Gasteiger partial charge in [-0.05, 0) is 30.5 Å². The quantitative estimate of drug-likeness (QED) is 0.684. The lowest BCUT2D eigenvalue weighted by molar-refractivity contribution is -0.129. The van der Waals surface area contributed by atoms with Gasteiger partial charge in [0.25, 0.3) is 0 Å². The molecule has 0 heterocycles. The third-order valence-electron chi connectivity index (χ3n) is 3.59. The van der Waals surface area contributed by atoms with E-state index >= 15 is 0 Å². The van der Waals surface area contributed by atoms with E-state index in [1.165, 1.54) is 32.1 Å². The Bertz CT molecular complexity index is 394. The van der Waals surface area contributed by atoms with Crippen molar-refractivity contribution in [1.29, 1.82) is 0 Å². The van der Waals surface area contributed by atoms with Crippen molar-refractivity contribution >= 4 is 6.08 Å². The van der Waals surface area contributed by atoms with Gasteiger partial charge in [0.1, 0.15) is 5.75 Å². The summed E-state index contributed by atoms with van der Waals surface area (Å²) in [6.45, 7) is 5.88. The summed E-state index contributed by atoms with van der Waals surface area (Å²) in [5, 5.41) is 0. The average molecular weight is 260 g/mol. The van der Waals surface area contributed by atoms with Crippen LogP contribution >= 0.6 is 0 Å². The smallest absolute Gasteiger partial charge is 0.199 e. The lowest BCUT2D eigenvalue weighted by Gasteiger charge is -2.27. The first-order chi connectivity index (χ1) is 9.31. The monoisotopic (exact) mass is 260 g/mol. The Morgan fingerprint density at radius 2 is 2.11 bits per heavy atom. The highest BCUT2D eigenvalue weighted by Crippen LogP contribution is 2.24. The van der Waals surface area contributed by atoms with E-state index in [1.807, 2.05) is 30.3 Å². The maximum absolute atomic E-state index is 6.07. The zero-order valence-corrected chi connectivity index (χ0v) is 11.8. The molecule has 2 rings (SSSR count). The highest BCUT2D eigenvalue weighted by Gasteiger charge is 2.19. The summed E-state index contributed by atoms with van der Waals surface area (Å²) in [6.07, 6.45) is 9.20. The summed E-state index contributed by atoms with van der Waals surface area (Å²) >= 11 is 0. The second-order valence-corrected chi connectivity index (χ2v) is 5.13. The van der Waals surface area contributed by atoms with E-state index in [9.17, 15) is 0 Å². The molecule has 2 heteroatoms. The van der Waals surface area contributed by atoms with Crippen LogP contribution in [0.4, 0.5) is 0 Å². The molecule has 0 amide bonds. The molecule has 0 aromatic heterocycles. The van der Waals surface area contributed by atoms with Crippen LogP contribution in [-0.4, -0.2) is 12.4 Å². The molecule has 1 fully saturated rings. The summed E-state index contributed by atoms with van der Waals surface area (Å²) in [7, 11) is 0. The van der Waals surface area contributed by atoms with Crippen molar-refractivity contribution in [2.45, 2.75) is 57.8 Å². The predicted octanol–water partition coefficient (Wildman–Crippen LogP) is 4.79. The summed E-state index contributed by atoms with van der Waals surface area (Å²) in [6, 6.07) is 7.97. The Morgan fingerprint density at radius 3 is 2.79 bits per heavy atom. The molecule has 2 nitrogen and oxygen atoms in total. The van der Waals surface area contributed by atoms with Gasteiger partial charge in [0.2, 0.25) is 0 Å². The number of ether oxygens (including phenoxy) is 2. The molecule has 104 valence electrons. The fourth-order valence-corrected chi connectivity index (χ4v) is 2.49. The standard InChI is InChI=1S/C17H24O2/c1-3-14-9-8-12-16(13-14)19-17(4-2)18-15-10-6-5-7-11-15/h3,8-9,12-13,15,17H,1,4-7,10-11H2,2H3. The van der Waals surface area contributed by atoms with E-state index < -0.39 is 0 Å². The van der Waals surface area contributed by atoms with Gasteiger partial charge in [0.15, 0.2) is 6.29 Å². The van der Waals surface area contributed by atoms with Crippen LogP contribution in [0.1, 0.15) is 51.0 Å². The van der Waals surface area contributed by atoms with Crippen molar-refractivity contribution in [2.24, 2.45) is 0 Å². The average Bonchev–Trinajstić information content (AvgIpc) is 2.48. The highest BCUT2D eigenvalue weighted by atomic mass is 16.7. The summed E-state index contributed by atoms with van der Waals surface area (Å²) in [5.74, 6) is 0.861. The number of benzene rings is 1. The van der Waals surface area contributed by atoms with Gasteiger partial charge >= 0.3 is 0 Å². The van der Waals surface area contributed by atoms with Crippen molar-refractivity contribution in [3.8, 4) is 5.75 Å². The first-order valence-corrected chi connectivity index (χ1v) is 7.36. The summed E-state index contributed by atoms with van der Waals surface area (Å²) in [5.41, 5.74) is 1.07. The molecule has 0 saturated heterocycles. The Kier molecular flexibility index (Phi) is 5.46. The topological polar surface area (TPSA) is 18.5 Å². The normalized spacial score (nSPS) is 17.9. The molecule has 0 spiro atoms. The molecule has 1 aliphatic rings. The Morgan fingerprint density at radius 1 is 1.32 bits per heavy atom. The zero-order chi connectivity index (χ0) is 13.5. The lowest BCUT2D eigenvalue weighted by atomic mass is 9.98. The zero-order valence-electron chi connectivity index (χ0n) is 11.8. The molecule has 1 unspecified atom stereocenters. The summed E-state index contributed by atoms with van der Waals surface area (Å²) < 4.78 is 12.0. The van der Waals surface area contributed by atoms with Gasteiger partial charge in [-0.2, -0.15) is 0 Å². The Balaban J connectivity index is 1.91. The minimum atomic E-state index is -0.136. The molecular weight excluding hydrogens is 236 g/mol. The van der Waals surface area contributed by atoms with Crippen LogP contribution in [0.25, 0.3) is 6.08 Å². The van der Waals surface area contributed by atoms with E-state index in [-0.39, 0.29) is 6.29 Å². The maximum Gasteiger partial charge on any atom is 0.199 e. The second-order valence-electron chi connectivity index (χ2n) is 5.13. The minimum absolute atomic E-state index is 0.136. The van der Waals surface area contributed by atoms with Crippen LogP contribution in [0.5, 0.6) is 5.75 Å². The van der Waals surface area contributed by atoms with Crippen molar-refractivity contribution in [3.05, 3.63) is 36.4 Å². The van der Waals surface area contributed by atoms with Gasteiger partial charge in [-0.25, -0.2) is 0 Å². The first kappa shape index (κ1) is 14.1. The Hall–Kier alpha value is -1.28. The fourth-order valence-electron chi connectivity index (χ4n) is 2.49. The predicted molar refractivity (Wildman–Crippen MR) is 79.2 cm³/mol. The molecule has 1 aromatic rings. The lowest BCUT2D eigenvalue weighted by Crippen LogP contribution is -2.28. The van der Waals surface area contributed by atoms with E-state index in [1.54, 1.807) is 0 Å². The van der Waals surface area contributed by atoms with Crippen LogP contribution < -0.4 is 4.74 Å². The molecule has 1 saturated carbocycles. The van der Waals surface area contributed by atoms with Crippen LogP contribution in [0.2, 0.25) is 0 Å². The minimum Gasteiger partial charge on any atom is -0.465 e. The van der Waals surface area contributed by atoms with Crippen LogP contribution in [0, 0.1) is 0 Å². The molecule has 0 aliphatic heterocycles. The molecule has 19 heavy (non-hydrogen) atoms. The third kappa shape index (κ3) is 4.39. The Labute approximate surface area is 116 Å². The first-order valence-electron chi connectivity index (χ1n) is 7.36. The summed E-state index contributed by atoms with van der Waals surface area (Å²) in [4.78, 5) is 0. The van der Waals surface area contributed by atoms with Gasteiger partial charge < -0.3 is 9.47 Å². The number of hydrogen-bond acceptors (Lipinski definition) is 2. The van der Waals surface area contributed by atoms with Gasteiger partial charge in [0.05, 0.1) is 6.10 Å². The van der Waals surface area contributed by atoms with Crippen molar-refractivity contribution < 1.29 is 9.47 Å². The van der Waals surface area contributed by atoms with Gasteiger partial charge in [-0.3, -0.25) is 0 Å². The fraction of sp³-hybridized carbons (Fsp3) is 0.529. The third-order valence-corrected chi connectivity index (χ3v) is 3.59. The number of hydrogen-bond donors (Lipinski definition) is 0. The highest BCUT2D eigenvalue weighted by molar-refractivity contribution is 5.49. The van der Waals surface area contributed by atoms with Gasteiger partial charge in [-0.1, -0.05) is 51.0 Å². The van der Waals surface area contributed by atoms with Gasteiger partial charge in [-0.15, -0.1) is 0 Å². The van der Waals surface area contributed by atoms with E-state index in [2.05, 4.69) is 13.5 Å². The molecular formula is C17H24O2. The molecule has 1 aromatic carbocycles. The maximum atomic E-state index is 6.07. The van der Waals surface area contributed by atoms with Crippen molar-refractivity contribution in [1.82, 2.24) is 0 Å². The van der Waals surface area contributed by atoms with Crippen LogP contribution in [-0.2, 0) is 4.74 Å². The SMILES string of the molecule is C=Cc1cccc(OC(CC)OC2CCCCC2)c1. The van der Waals surface area contributed by atoms with Crippen LogP contribution in [0.3, 0.4) is 0 Å². The van der Waals surface area contributed by atoms with Crippen LogP contribution in [0.15, 0.2) is 30.8 Å². The molecule has 1 atom stereocenters. The largest absolute Gasteiger partial charge is 0.465 e. The molecule has 0 bridgehead atoms. The van der Waals surface area contributed by atoms with Gasteiger partial charge in [0, 0.05) is 6.42 Å².